The van der Waals surface area contributed by atoms with Gasteiger partial charge in [-0.25, -0.2) is 5.43 Å². The van der Waals surface area contributed by atoms with E-state index in [1.54, 1.807) is 0 Å². The van der Waals surface area contributed by atoms with E-state index in [9.17, 15) is 18.0 Å². The molecule has 0 atom stereocenters. The predicted octanol–water partition coefficient (Wildman–Crippen LogP) is 4.40. The normalized spacial score (nSPS) is 11.7. The molecule has 1 amide bonds. The monoisotopic (exact) mass is 366 g/mol. The van der Waals surface area contributed by atoms with Crippen molar-refractivity contribution in [3.05, 3.63) is 70.8 Å². The van der Waals surface area contributed by atoms with Gasteiger partial charge in [0, 0.05) is 5.75 Å². The lowest BCUT2D eigenvalue weighted by Crippen LogP contribution is -2.19. The molecule has 0 unspecified atom stereocenters. The van der Waals surface area contributed by atoms with Crippen LogP contribution in [-0.2, 0) is 16.7 Å². The van der Waals surface area contributed by atoms with Crippen molar-refractivity contribution in [3.63, 3.8) is 0 Å². The third kappa shape index (κ3) is 6.62. The van der Waals surface area contributed by atoms with E-state index in [2.05, 4.69) is 10.5 Å². The summed E-state index contributed by atoms with van der Waals surface area (Å²) < 4.78 is 37.8. The third-order valence-corrected chi connectivity index (χ3v) is 4.24. The fraction of sp³-hybridized carbons (Fsp3) is 0.222. The number of hydrazone groups is 1. The van der Waals surface area contributed by atoms with E-state index >= 15 is 0 Å². The molecule has 132 valence electrons. The van der Waals surface area contributed by atoms with Gasteiger partial charge in [-0.2, -0.15) is 18.3 Å². The summed E-state index contributed by atoms with van der Waals surface area (Å²) in [6.07, 6.45) is -3.21. The molecule has 2 aromatic rings. The molecule has 2 aromatic carbocycles. The molecule has 0 fully saturated rings. The largest absolute Gasteiger partial charge is 0.416 e. The van der Waals surface area contributed by atoms with E-state index in [4.69, 9.17) is 0 Å². The first-order valence-electron chi connectivity index (χ1n) is 7.47. The number of rotatable bonds is 6. The molecule has 7 heteroatoms. The summed E-state index contributed by atoms with van der Waals surface area (Å²) >= 11 is 1.44. The summed E-state index contributed by atoms with van der Waals surface area (Å²) in [5.41, 5.74) is 4.12. The lowest BCUT2D eigenvalue weighted by Gasteiger charge is -2.06. The van der Waals surface area contributed by atoms with Crippen LogP contribution in [0.3, 0.4) is 0 Å². The third-order valence-electron chi connectivity index (χ3n) is 3.24. The Morgan fingerprint density at radius 2 is 1.92 bits per heavy atom. The highest BCUT2D eigenvalue weighted by molar-refractivity contribution is 7.99. The van der Waals surface area contributed by atoms with Crippen LogP contribution in [0, 0.1) is 6.92 Å². The molecule has 0 radical (unpaired) electrons. The number of nitrogens with one attached hydrogen (secondary N) is 1. The van der Waals surface area contributed by atoms with Crippen LogP contribution in [0.25, 0.3) is 0 Å². The minimum atomic E-state index is -4.40. The molecule has 2 rings (SSSR count). The second-order valence-electron chi connectivity index (χ2n) is 5.39. The minimum absolute atomic E-state index is 0.216. The molecule has 0 heterocycles. The highest BCUT2D eigenvalue weighted by Gasteiger charge is 2.30. The van der Waals surface area contributed by atoms with Crippen molar-refractivity contribution in [1.82, 2.24) is 5.43 Å². The van der Waals surface area contributed by atoms with Crippen LogP contribution in [0.5, 0.6) is 0 Å². The number of benzene rings is 2. The van der Waals surface area contributed by atoms with Crippen molar-refractivity contribution in [2.24, 2.45) is 5.10 Å². The highest BCUT2D eigenvalue weighted by atomic mass is 32.2. The SMILES string of the molecule is Cc1ccc(CSCC(=O)N/N=C\c2cccc(C(F)(F)F)c2)cc1. The first-order valence-corrected chi connectivity index (χ1v) is 8.62. The molecule has 0 aliphatic carbocycles. The summed E-state index contributed by atoms with van der Waals surface area (Å²) in [5.74, 6) is 0.610. The molecular weight excluding hydrogens is 349 g/mol. The van der Waals surface area contributed by atoms with Gasteiger partial charge in [0.05, 0.1) is 17.5 Å². The van der Waals surface area contributed by atoms with Gasteiger partial charge < -0.3 is 0 Å². The molecule has 0 aliphatic rings. The van der Waals surface area contributed by atoms with Crippen LogP contribution >= 0.6 is 11.8 Å². The Bertz CT molecular complexity index is 743. The predicted molar refractivity (Wildman–Crippen MR) is 94.5 cm³/mol. The van der Waals surface area contributed by atoms with E-state index in [-0.39, 0.29) is 17.2 Å². The van der Waals surface area contributed by atoms with E-state index in [0.29, 0.717) is 5.75 Å². The first-order chi connectivity index (χ1) is 11.8. The van der Waals surface area contributed by atoms with Crippen LogP contribution < -0.4 is 5.43 Å². The maximum Gasteiger partial charge on any atom is 0.416 e. The van der Waals surface area contributed by atoms with Gasteiger partial charge >= 0.3 is 6.18 Å². The molecule has 0 spiro atoms. The second kappa shape index (κ2) is 8.71. The van der Waals surface area contributed by atoms with Crippen molar-refractivity contribution in [1.29, 1.82) is 0 Å². The number of nitrogens with zero attached hydrogens (tertiary/aromatic N) is 1. The van der Waals surface area contributed by atoms with E-state index in [0.717, 1.165) is 17.7 Å². The Morgan fingerprint density at radius 3 is 2.60 bits per heavy atom. The van der Waals surface area contributed by atoms with Crippen LogP contribution in [-0.4, -0.2) is 17.9 Å². The average Bonchev–Trinajstić information content (AvgIpc) is 2.56. The molecule has 3 nitrogen and oxygen atoms in total. The number of hydrogen-bond donors (Lipinski definition) is 1. The average molecular weight is 366 g/mol. The Hall–Kier alpha value is -2.28. The van der Waals surface area contributed by atoms with Crippen molar-refractivity contribution in [2.75, 3.05) is 5.75 Å². The number of aryl methyl sites for hydroxylation is 1. The van der Waals surface area contributed by atoms with E-state index < -0.39 is 11.7 Å². The number of hydrogen-bond acceptors (Lipinski definition) is 3. The van der Waals surface area contributed by atoms with Gasteiger partial charge in [0.25, 0.3) is 0 Å². The zero-order valence-electron chi connectivity index (χ0n) is 13.5. The zero-order valence-corrected chi connectivity index (χ0v) is 14.3. The van der Waals surface area contributed by atoms with Gasteiger partial charge in [0.15, 0.2) is 0 Å². The summed E-state index contributed by atoms with van der Waals surface area (Å²) in [4.78, 5) is 11.7. The fourth-order valence-corrected chi connectivity index (χ4v) is 2.73. The fourth-order valence-electron chi connectivity index (χ4n) is 1.95. The van der Waals surface area contributed by atoms with E-state index in [1.807, 2.05) is 31.2 Å². The standard InChI is InChI=1S/C18H17F3N2OS/c1-13-5-7-14(8-6-13)11-25-12-17(24)23-22-10-15-3-2-4-16(9-15)18(19,20)21/h2-10H,11-12H2,1H3,(H,23,24)/b22-10-. The van der Waals surface area contributed by atoms with Crippen molar-refractivity contribution in [3.8, 4) is 0 Å². The summed E-state index contributed by atoms with van der Waals surface area (Å²) in [7, 11) is 0. The highest BCUT2D eigenvalue weighted by Crippen LogP contribution is 2.29. The quantitative estimate of drug-likeness (QED) is 0.608. The molecule has 0 saturated carbocycles. The number of carbonyl (C=O) groups excluding carboxylic acids is 1. The second-order valence-corrected chi connectivity index (χ2v) is 6.38. The molecule has 0 aliphatic heterocycles. The molecule has 0 aromatic heterocycles. The number of halogens is 3. The van der Waals surface area contributed by atoms with Gasteiger partial charge in [-0.05, 0) is 30.2 Å². The van der Waals surface area contributed by atoms with Gasteiger partial charge in [0.1, 0.15) is 0 Å². The Labute approximate surface area is 148 Å². The first kappa shape index (κ1) is 19.1. The Kier molecular flexibility index (Phi) is 6.64. The summed E-state index contributed by atoms with van der Waals surface area (Å²) in [5, 5.41) is 3.70. The van der Waals surface area contributed by atoms with Crippen LogP contribution in [0.1, 0.15) is 22.3 Å². The van der Waals surface area contributed by atoms with Crippen molar-refractivity contribution >= 4 is 23.9 Å². The van der Waals surface area contributed by atoms with Crippen LogP contribution in [0.2, 0.25) is 0 Å². The van der Waals surface area contributed by atoms with E-state index in [1.165, 1.54) is 35.7 Å². The Balaban J connectivity index is 1.77. The smallest absolute Gasteiger partial charge is 0.272 e. The van der Waals surface area contributed by atoms with Crippen molar-refractivity contribution in [2.45, 2.75) is 18.9 Å². The van der Waals surface area contributed by atoms with Crippen molar-refractivity contribution < 1.29 is 18.0 Å². The lowest BCUT2D eigenvalue weighted by atomic mass is 10.1. The molecule has 0 saturated heterocycles. The van der Waals surface area contributed by atoms with Gasteiger partial charge in [0.2, 0.25) is 5.91 Å². The van der Waals surface area contributed by atoms with Gasteiger partial charge in [-0.1, -0.05) is 42.0 Å². The van der Waals surface area contributed by atoms with Crippen LogP contribution in [0.4, 0.5) is 13.2 Å². The van der Waals surface area contributed by atoms with Gasteiger partial charge in [-0.3, -0.25) is 4.79 Å². The zero-order chi connectivity index (χ0) is 18.3. The summed E-state index contributed by atoms with van der Waals surface area (Å²) in [6, 6.07) is 12.8. The van der Waals surface area contributed by atoms with Gasteiger partial charge in [-0.15, -0.1) is 11.8 Å². The molecule has 1 N–H and O–H groups in total. The summed E-state index contributed by atoms with van der Waals surface area (Å²) in [6.45, 7) is 2.01. The maximum absolute atomic E-state index is 12.6. The lowest BCUT2D eigenvalue weighted by molar-refractivity contribution is -0.137. The number of alkyl halides is 3. The number of carbonyl (C=O) groups is 1. The maximum atomic E-state index is 12.6. The molecule has 25 heavy (non-hydrogen) atoms. The topological polar surface area (TPSA) is 41.5 Å². The minimum Gasteiger partial charge on any atom is -0.272 e. The molecular formula is C18H17F3N2OS. The van der Waals surface area contributed by atoms with Crippen LogP contribution in [0.15, 0.2) is 53.6 Å². The molecule has 0 bridgehead atoms. The number of thioether (sulfide) groups is 1. The number of amides is 1. The Morgan fingerprint density at radius 1 is 1.20 bits per heavy atom.